The fraction of sp³-hybridized carbons (Fsp3) is 0.500. The third-order valence-corrected chi connectivity index (χ3v) is 3.36. The van der Waals surface area contributed by atoms with Crippen LogP contribution in [-0.2, 0) is 4.79 Å². The van der Waals surface area contributed by atoms with Crippen molar-refractivity contribution in [2.45, 2.75) is 40.2 Å². The van der Waals surface area contributed by atoms with Gasteiger partial charge in [0, 0.05) is 31.6 Å². The van der Waals surface area contributed by atoms with E-state index < -0.39 is 0 Å². The molecule has 1 aromatic carbocycles. The summed E-state index contributed by atoms with van der Waals surface area (Å²) in [5.74, 6) is 0.147. The molecule has 4 nitrogen and oxygen atoms in total. The van der Waals surface area contributed by atoms with Gasteiger partial charge < -0.3 is 4.90 Å². The summed E-state index contributed by atoms with van der Waals surface area (Å²) in [4.78, 5) is 13.0. The quantitative estimate of drug-likeness (QED) is 0.800. The lowest BCUT2D eigenvalue weighted by Gasteiger charge is -2.38. The van der Waals surface area contributed by atoms with E-state index in [0.29, 0.717) is 6.04 Å². The molecule has 4 heteroatoms. The zero-order chi connectivity index (χ0) is 14.7. The first-order chi connectivity index (χ1) is 9.55. The van der Waals surface area contributed by atoms with Crippen molar-refractivity contribution in [1.29, 1.82) is 0 Å². The number of amides is 1. The van der Waals surface area contributed by atoms with Gasteiger partial charge in [-0.1, -0.05) is 32.4 Å². The molecule has 1 aliphatic heterocycles. The number of likely N-dealkylation sites (tertiary alicyclic amines) is 1. The van der Waals surface area contributed by atoms with Crippen LogP contribution in [0.25, 0.3) is 10.9 Å². The van der Waals surface area contributed by atoms with Crippen LogP contribution in [-0.4, -0.2) is 33.7 Å². The van der Waals surface area contributed by atoms with Crippen molar-refractivity contribution >= 4 is 16.8 Å². The summed E-state index contributed by atoms with van der Waals surface area (Å²) in [6, 6.07) is 6.62. The Hall–Kier alpha value is -1.84. The van der Waals surface area contributed by atoms with Gasteiger partial charge in [0.1, 0.15) is 0 Å². The van der Waals surface area contributed by atoms with Gasteiger partial charge in [0.25, 0.3) is 0 Å². The molecule has 0 bridgehead atoms. The maximum atomic E-state index is 11.1. The lowest BCUT2D eigenvalue weighted by atomic mass is 10.1. The molecule has 0 spiro atoms. The highest BCUT2D eigenvalue weighted by Crippen LogP contribution is 2.23. The first-order valence-corrected chi connectivity index (χ1v) is 7.26. The molecule has 2 heterocycles. The average Bonchev–Trinajstić information content (AvgIpc) is 2.69. The number of nitrogens with zero attached hydrogens (tertiary/aromatic N) is 3. The van der Waals surface area contributed by atoms with E-state index in [1.165, 1.54) is 12.0 Å². The fourth-order valence-electron chi connectivity index (χ4n) is 2.21. The first kappa shape index (κ1) is 14.6. The minimum absolute atomic E-state index is 0.147. The van der Waals surface area contributed by atoms with Gasteiger partial charge >= 0.3 is 0 Å². The topological polar surface area (TPSA) is 38.1 Å². The Morgan fingerprint density at radius 2 is 2.00 bits per heavy atom. The normalized spacial score (nSPS) is 14.7. The standard InChI is InChI=1S/C13H15N3O.C3H8/c1-9-3-4-11-6-16(14-13(11)5-9)12-7-15(8-12)10(2)17;1-3-2/h3-6,12H,7-8H2,1-2H3;3H2,1-2H3. The number of aryl methyl sites for hydroxylation is 1. The maximum absolute atomic E-state index is 11.1. The van der Waals surface area contributed by atoms with Gasteiger partial charge in [-0.2, -0.15) is 5.10 Å². The third-order valence-electron chi connectivity index (χ3n) is 3.36. The smallest absolute Gasteiger partial charge is 0.219 e. The average molecular weight is 273 g/mol. The third kappa shape index (κ3) is 3.00. The molecule has 0 aliphatic carbocycles. The Kier molecular flexibility index (Phi) is 4.42. The molecular weight excluding hydrogens is 250 g/mol. The van der Waals surface area contributed by atoms with Crippen LogP contribution >= 0.6 is 0 Å². The molecule has 0 unspecified atom stereocenters. The minimum Gasteiger partial charge on any atom is -0.339 e. The molecule has 1 amide bonds. The van der Waals surface area contributed by atoms with E-state index in [1.54, 1.807) is 6.92 Å². The van der Waals surface area contributed by atoms with Gasteiger partial charge in [-0.3, -0.25) is 9.48 Å². The monoisotopic (exact) mass is 273 g/mol. The molecule has 2 aromatic rings. The number of hydrogen-bond donors (Lipinski definition) is 0. The second-order valence-corrected chi connectivity index (χ2v) is 5.46. The molecule has 1 aliphatic rings. The van der Waals surface area contributed by atoms with Crippen molar-refractivity contribution in [3.8, 4) is 0 Å². The maximum Gasteiger partial charge on any atom is 0.219 e. The van der Waals surface area contributed by atoms with Gasteiger partial charge in [-0.25, -0.2) is 0 Å². The Morgan fingerprint density at radius 1 is 1.35 bits per heavy atom. The second kappa shape index (κ2) is 6.07. The van der Waals surface area contributed by atoms with Crippen molar-refractivity contribution in [3.63, 3.8) is 0 Å². The van der Waals surface area contributed by atoms with Crippen molar-refractivity contribution in [2.24, 2.45) is 0 Å². The molecule has 3 rings (SSSR count). The number of rotatable bonds is 1. The van der Waals surface area contributed by atoms with Crippen LogP contribution in [0.4, 0.5) is 0 Å². The van der Waals surface area contributed by atoms with Crippen LogP contribution in [0.3, 0.4) is 0 Å². The lowest BCUT2D eigenvalue weighted by Crippen LogP contribution is -2.49. The van der Waals surface area contributed by atoms with Gasteiger partial charge in [-0.05, 0) is 18.6 Å². The Morgan fingerprint density at radius 3 is 2.60 bits per heavy atom. The van der Waals surface area contributed by atoms with Crippen LogP contribution in [0.15, 0.2) is 24.4 Å². The molecule has 0 saturated carbocycles. The predicted octanol–water partition coefficient (Wildman–Crippen LogP) is 3.16. The van der Waals surface area contributed by atoms with E-state index in [1.807, 2.05) is 9.58 Å². The highest BCUT2D eigenvalue weighted by atomic mass is 16.2. The van der Waals surface area contributed by atoms with Crippen molar-refractivity contribution in [1.82, 2.24) is 14.7 Å². The molecule has 0 radical (unpaired) electrons. The number of carbonyl (C=O) groups excluding carboxylic acids is 1. The Balaban J connectivity index is 0.000000452. The minimum atomic E-state index is 0.147. The van der Waals surface area contributed by atoms with Crippen molar-refractivity contribution < 1.29 is 4.79 Å². The molecule has 0 N–H and O–H groups in total. The number of hydrogen-bond acceptors (Lipinski definition) is 2. The molecule has 0 atom stereocenters. The zero-order valence-electron chi connectivity index (χ0n) is 12.8. The van der Waals surface area contributed by atoms with E-state index in [-0.39, 0.29) is 5.91 Å². The van der Waals surface area contributed by atoms with Crippen LogP contribution in [0.5, 0.6) is 0 Å². The van der Waals surface area contributed by atoms with Crippen LogP contribution in [0.2, 0.25) is 0 Å². The van der Waals surface area contributed by atoms with E-state index in [9.17, 15) is 4.79 Å². The number of benzene rings is 1. The van der Waals surface area contributed by atoms with E-state index >= 15 is 0 Å². The van der Waals surface area contributed by atoms with Crippen molar-refractivity contribution in [2.75, 3.05) is 13.1 Å². The molecule has 108 valence electrons. The number of carbonyl (C=O) groups is 1. The van der Waals surface area contributed by atoms with Gasteiger partial charge in [-0.15, -0.1) is 0 Å². The predicted molar refractivity (Wildman–Crippen MR) is 81.7 cm³/mol. The molecule has 20 heavy (non-hydrogen) atoms. The summed E-state index contributed by atoms with van der Waals surface area (Å²) in [6.07, 6.45) is 3.32. The van der Waals surface area contributed by atoms with Gasteiger partial charge in [0.15, 0.2) is 0 Å². The SMILES string of the molecule is CC(=O)N1CC(n2cc3ccc(C)cc3n2)C1.CCC. The highest BCUT2D eigenvalue weighted by molar-refractivity contribution is 5.78. The largest absolute Gasteiger partial charge is 0.339 e. The number of aromatic nitrogens is 2. The molecule has 1 fully saturated rings. The summed E-state index contributed by atoms with van der Waals surface area (Å²) < 4.78 is 1.99. The van der Waals surface area contributed by atoms with Crippen LogP contribution < -0.4 is 0 Å². The Labute approximate surface area is 120 Å². The number of fused-ring (bicyclic) bond motifs is 1. The van der Waals surface area contributed by atoms with E-state index in [4.69, 9.17) is 0 Å². The summed E-state index contributed by atoms with van der Waals surface area (Å²) in [6.45, 7) is 9.49. The van der Waals surface area contributed by atoms with Crippen LogP contribution in [0.1, 0.15) is 38.8 Å². The summed E-state index contributed by atoms with van der Waals surface area (Å²) in [7, 11) is 0. The second-order valence-electron chi connectivity index (χ2n) is 5.46. The first-order valence-electron chi connectivity index (χ1n) is 7.26. The fourth-order valence-corrected chi connectivity index (χ4v) is 2.21. The zero-order valence-corrected chi connectivity index (χ0v) is 12.8. The van der Waals surface area contributed by atoms with Gasteiger partial charge in [0.05, 0.1) is 11.6 Å². The molecule has 1 saturated heterocycles. The summed E-state index contributed by atoms with van der Waals surface area (Å²) in [5.41, 5.74) is 2.26. The Bertz CT molecular complexity index is 597. The van der Waals surface area contributed by atoms with E-state index in [0.717, 1.165) is 24.0 Å². The molecular formula is C16H23N3O. The summed E-state index contributed by atoms with van der Waals surface area (Å²) in [5, 5.41) is 5.73. The van der Waals surface area contributed by atoms with Crippen molar-refractivity contribution in [3.05, 3.63) is 30.0 Å². The van der Waals surface area contributed by atoms with Crippen LogP contribution in [0, 0.1) is 6.92 Å². The van der Waals surface area contributed by atoms with E-state index in [2.05, 4.69) is 50.3 Å². The highest BCUT2D eigenvalue weighted by Gasteiger charge is 2.30. The summed E-state index contributed by atoms with van der Waals surface area (Å²) >= 11 is 0. The molecule has 1 aromatic heterocycles. The van der Waals surface area contributed by atoms with Gasteiger partial charge in [0.2, 0.25) is 5.91 Å². The lowest BCUT2D eigenvalue weighted by molar-refractivity contribution is -0.134.